The second-order valence-corrected chi connectivity index (χ2v) is 7.42. The van der Waals surface area contributed by atoms with E-state index in [9.17, 15) is 9.59 Å². The first-order valence-corrected chi connectivity index (χ1v) is 10.4. The van der Waals surface area contributed by atoms with Crippen molar-refractivity contribution in [1.82, 2.24) is 5.16 Å². The lowest BCUT2D eigenvalue weighted by Crippen LogP contribution is -2.16. The van der Waals surface area contributed by atoms with Crippen molar-refractivity contribution in [3.63, 3.8) is 0 Å². The molecule has 0 aliphatic rings. The molecule has 4 rings (SSSR count). The first-order chi connectivity index (χ1) is 16.0. The number of aromatic carboxylic acids is 1. The van der Waals surface area contributed by atoms with Crippen LogP contribution in [0.5, 0.6) is 0 Å². The summed E-state index contributed by atoms with van der Waals surface area (Å²) < 4.78 is 10.6. The largest absolute Gasteiger partial charge is 0.478 e. The zero-order valence-corrected chi connectivity index (χ0v) is 17.9. The van der Waals surface area contributed by atoms with Crippen LogP contribution >= 0.6 is 0 Å². The van der Waals surface area contributed by atoms with Crippen molar-refractivity contribution < 1.29 is 24.0 Å². The predicted molar refractivity (Wildman–Crippen MR) is 124 cm³/mol. The Morgan fingerprint density at radius 2 is 1.52 bits per heavy atom. The number of ether oxygens (including phenoxy) is 1. The average molecular weight is 442 g/mol. The van der Waals surface area contributed by atoms with Crippen molar-refractivity contribution in [1.29, 1.82) is 0 Å². The number of carbonyl (C=O) groups excluding carboxylic acids is 1. The molecule has 1 heterocycles. The van der Waals surface area contributed by atoms with E-state index in [-0.39, 0.29) is 12.2 Å². The van der Waals surface area contributed by atoms with Crippen molar-refractivity contribution in [3.8, 4) is 22.4 Å². The molecule has 1 aromatic heterocycles. The first-order valence-electron chi connectivity index (χ1n) is 10.4. The van der Waals surface area contributed by atoms with Gasteiger partial charge in [0.25, 0.3) is 0 Å². The number of nitrogens with zero attached hydrogens (tertiary/aromatic N) is 1. The summed E-state index contributed by atoms with van der Waals surface area (Å²) in [6.07, 6.45) is 0.0483. The van der Waals surface area contributed by atoms with E-state index in [1.54, 1.807) is 31.2 Å². The lowest BCUT2D eigenvalue weighted by atomic mass is 10.0. The fraction of sp³-hybridized carbons (Fsp3) is 0.115. The van der Waals surface area contributed by atoms with E-state index in [1.165, 1.54) is 0 Å². The van der Waals surface area contributed by atoms with E-state index < -0.39 is 12.1 Å². The number of aromatic nitrogens is 1. The van der Waals surface area contributed by atoms with Crippen molar-refractivity contribution >= 4 is 17.7 Å². The van der Waals surface area contributed by atoms with E-state index >= 15 is 0 Å². The second kappa shape index (κ2) is 9.82. The summed E-state index contributed by atoms with van der Waals surface area (Å²) in [5, 5.41) is 15.9. The van der Waals surface area contributed by atoms with Crippen molar-refractivity contribution in [2.24, 2.45) is 0 Å². The molecule has 0 bridgehead atoms. The highest BCUT2D eigenvalue weighted by atomic mass is 16.5. The van der Waals surface area contributed by atoms with E-state index in [0.717, 1.165) is 22.3 Å². The van der Waals surface area contributed by atoms with Gasteiger partial charge in [-0.25, -0.2) is 9.59 Å². The number of amides is 1. The highest BCUT2D eigenvalue weighted by Gasteiger charge is 2.18. The van der Waals surface area contributed by atoms with Crippen LogP contribution in [0.1, 0.15) is 21.7 Å². The Kier molecular flexibility index (Phi) is 6.50. The van der Waals surface area contributed by atoms with Crippen LogP contribution in [-0.2, 0) is 11.2 Å². The van der Waals surface area contributed by atoms with Crippen LogP contribution in [0.15, 0.2) is 83.4 Å². The number of hydrogen-bond acceptors (Lipinski definition) is 5. The molecule has 0 aliphatic heterocycles. The smallest absolute Gasteiger partial charge is 0.411 e. The molecule has 0 spiro atoms. The van der Waals surface area contributed by atoms with Crippen LogP contribution in [0.25, 0.3) is 22.4 Å². The lowest BCUT2D eigenvalue weighted by Gasteiger charge is -2.08. The minimum Gasteiger partial charge on any atom is -0.478 e. The van der Waals surface area contributed by atoms with E-state index in [2.05, 4.69) is 10.5 Å². The number of aryl methyl sites for hydroxylation is 1. The lowest BCUT2D eigenvalue weighted by molar-refractivity contribution is 0.0697. The summed E-state index contributed by atoms with van der Waals surface area (Å²) in [5.41, 5.74) is 4.86. The number of benzene rings is 3. The summed E-state index contributed by atoms with van der Waals surface area (Å²) in [6.45, 7) is 1.97. The van der Waals surface area contributed by atoms with Crippen LogP contribution in [0.4, 0.5) is 10.5 Å². The Bertz CT molecular complexity index is 1250. The van der Waals surface area contributed by atoms with Gasteiger partial charge in [0.1, 0.15) is 11.4 Å². The maximum absolute atomic E-state index is 12.3. The van der Waals surface area contributed by atoms with Crippen LogP contribution in [-0.4, -0.2) is 28.9 Å². The second-order valence-electron chi connectivity index (χ2n) is 7.42. The number of carboxylic acid groups (broad SMARTS) is 1. The number of carboxylic acids is 1. The number of hydrogen-bond donors (Lipinski definition) is 2. The van der Waals surface area contributed by atoms with Gasteiger partial charge < -0.3 is 14.4 Å². The van der Waals surface area contributed by atoms with Gasteiger partial charge in [0.15, 0.2) is 5.76 Å². The average Bonchev–Trinajstić information content (AvgIpc) is 3.20. The van der Waals surface area contributed by atoms with Gasteiger partial charge in [0, 0.05) is 12.0 Å². The van der Waals surface area contributed by atoms with Gasteiger partial charge in [-0.05, 0) is 35.7 Å². The summed E-state index contributed by atoms with van der Waals surface area (Å²) in [5.74, 6) is -0.490. The fourth-order valence-corrected chi connectivity index (χ4v) is 3.39. The molecule has 0 aliphatic carbocycles. The molecule has 0 radical (unpaired) electrons. The van der Waals surface area contributed by atoms with Gasteiger partial charge in [0.2, 0.25) is 0 Å². The Labute approximate surface area is 190 Å². The Morgan fingerprint density at radius 1 is 0.909 bits per heavy atom. The molecule has 0 fully saturated rings. The Morgan fingerprint density at radius 3 is 2.15 bits per heavy atom. The third kappa shape index (κ3) is 5.27. The molecule has 0 saturated heterocycles. The molecule has 1 amide bonds. The fourth-order valence-electron chi connectivity index (χ4n) is 3.39. The standard InChI is InChI=1S/C26H22N2O5/c1-17-23(27-26(31)32-16-15-18-5-3-2-4-6-18)24(28-33-17)21-11-7-19(8-12-21)20-9-13-22(14-10-20)25(29)30/h2-14H,15-16H2,1H3,(H,27,31)(H,29,30). The molecule has 0 unspecified atom stereocenters. The van der Waals surface area contributed by atoms with Gasteiger partial charge in [-0.2, -0.15) is 0 Å². The highest BCUT2D eigenvalue weighted by Crippen LogP contribution is 2.32. The van der Waals surface area contributed by atoms with Gasteiger partial charge in [-0.3, -0.25) is 5.32 Å². The molecule has 7 heteroatoms. The Hall–Kier alpha value is -4.39. The minimum absolute atomic E-state index is 0.236. The summed E-state index contributed by atoms with van der Waals surface area (Å²) >= 11 is 0. The predicted octanol–water partition coefficient (Wildman–Crippen LogP) is 5.81. The van der Waals surface area contributed by atoms with E-state index in [0.29, 0.717) is 23.6 Å². The summed E-state index contributed by atoms with van der Waals surface area (Å²) in [7, 11) is 0. The monoisotopic (exact) mass is 442 g/mol. The zero-order chi connectivity index (χ0) is 23.2. The SMILES string of the molecule is Cc1onc(-c2ccc(-c3ccc(C(=O)O)cc3)cc2)c1NC(=O)OCCc1ccccc1. The molecule has 4 aromatic rings. The molecular weight excluding hydrogens is 420 g/mol. The Balaban J connectivity index is 1.43. The van der Waals surface area contributed by atoms with Crippen molar-refractivity contribution in [2.45, 2.75) is 13.3 Å². The third-order valence-electron chi connectivity index (χ3n) is 5.18. The molecule has 2 N–H and O–H groups in total. The van der Waals surface area contributed by atoms with Crippen molar-refractivity contribution in [3.05, 3.63) is 95.7 Å². The maximum Gasteiger partial charge on any atom is 0.411 e. The molecule has 0 saturated carbocycles. The van der Waals surface area contributed by atoms with E-state index in [1.807, 2.05) is 54.6 Å². The summed E-state index contributed by atoms with van der Waals surface area (Å²) in [4.78, 5) is 23.3. The maximum atomic E-state index is 12.3. The highest BCUT2D eigenvalue weighted by molar-refractivity contribution is 5.91. The molecule has 166 valence electrons. The molecule has 3 aromatic carbocycles. The zero-order valence-electron chi connectivity index (χ0n) is 17.9. The van der Waals surface area contributed by atoms with Crippen LogP contribution in [0.3, 0.4) is 0 Å². The molecular formula is C26H22N2O5. The number of rotatable bonds is 7. The topological polar surface area (TPSA) is 102 Å². The number of nitrogens with one attached hydrogen (secondary N) is 1. The van der Waals surface area contributed by atoms with Gasteiger partial charge in [0.05, 0.1) is 12.2 Å². The van der Waals surface area contributed by atoms with Crippen LogP contribution < -0.4 is 5.32 Å². The van der Waals surface area contributed by atoms with Crippen LogP contribution in [0.2, 0.25) is 0 Å². The number of anilines is 1. The third-order valence-corrected chi connectivity index (χ3v) is 5.18. The quantitative estimate of drug-likeness (QED) is 0.375. The van der Waals surface area contributed by atoms with Crippen LogP contribution in [0, 0.1) is 6.92 Å². The minimum atomic E-state index is -0.961. The van der Waals surface area contributed by atoms with Crippen molar-refractivity contribution in [2.75, 3.05) is 11.9 Å². The molecule has 7 nitrogen and oxygen atoms in total. The normalized spacial score (nSPS) is 10.6. The van der Waals surface area contributed by atoms with Gasteiger partial charge in [-0.1, -0.05) is 71.9 Å². The van der Waals surface area contributed by atoms with Gasteiger partial charge >= 0.3 is 12.1 Å². The number of carbonyl (C=O) groups is 2. The molecule has 0 atom stereocenters. The molecule has 33 heavy (non-hydrogen) atoms. The van der Waals surface area contributed by atoms with Gasteiger partial charge in [-0.15, -0.1) is 0 Å². The van der Waals surface area contributed by atoms with E-state index in [4.69, 9.17) is 14.4 Å². The first kappa shape index (κ1) is 21.8. The summed E-state index contributed by atoms with van der Waals surface area (Å²) in [6, 6.07) is 24.0.